The minimum atomic E-state index is 0.735. The van der Waals surface area contributed by atoms with Crippen LogP contribution in [0.25, 0.3) is 0 Å². The van der Waals surface area contributed by atoms with Crippen molar-refractivity contribution in [2.45, 2.75) is 37.0 Å². The number of rotatable bonds is 0. The summed E-state index contributed by atoms with van der Waals surface area (Å²) in [5, 5.41) is 4.51. The van der Waals surface area contributed by atoms with Crippen LogP contribution in [0.4, 0.5) is 0 Å². The van der Waals surface area contributed by atoms with E-state index >= 15 is 0 Å². The van der Waals surface area contributed by atoms with Crippen molar-refractivity contribution in [3.05, 3.63) is 12.2 Å². The van der Waals surface area contributed by atoms with Gasteiger partial charge in [-0.2, -0.15) is 11.8 Å². The predicted octanol–water partition coefficient (Wildman–Crippen LogP) is 2.19. The van der Waals surface area contributed by atoms with Crippen molar-refractivity contribution in [3.63, 3.8) is 0 Å². The molecule has 0 aromatic heterocycles. The van der Waals surface area contributed by atoms with E-state index in [9.17, 15) is 0 Å². The van der Waals surface area contributed by atoms with Crippen molar-refractivity contribution in [3.8, 4) is 0 Å². The van der Waals surface area contributed by atoms with Gasteiger partial charge in [0.1, 0.15) is 0 Å². The maximum absolute atomic E-state index is 4.09. The van der Waals surface area contributed by atoms with Crippen LogP contribution >= 0.6 is 11.8 Å². The predicted molar refractivity (Wildman–Crippen MR) is 55.6 cm³/mol. The number of fused-ring (bicyclic) bond motifs is 1. The van der Waals surface area contributed by atoms with Crippen molar-refractivity contribution in [1.29, 1.82) is 0 Å². The molecule has 2 unspecified atom stereocenters. The standard InChI is InChI=1S/C10H17NS/c1-8-3-4-10-9(7-8)11-5-2-6-12-10/h9-11H,1-7H2. The molecule has 1 aliphatic heterocycles. The monoisotopic (exact) mass is 183 g/mol. The van der Waals surface area contributed by atoms with Crippen molar-refractivity contribution in [1.82, 2.24) is 5.32 Å². The van der Waals surface area contributed by atoms with Crippen LogP contribution in [0.1, 0.15) is 25.7 Å². The molecule has 0 amide bonds. The summed E-state index contributed by atoms with van der Waals surface area (Å²) in [5.74, 6) is 1.35. The first-order valence-electron chi connectivity index (χ1n) is 4.88. The van der Waals surface area contributed by atoms with E-state index in [0.717, 1.165) is 11.3 Å². The Labute approximate surface area is 79.0 Å². The molecule has 2 heteroatoms. The van der Waals surface area contributed by atoms with Crippen LogP contribution in [0.5, 0.6) is 0 Å². The largest absolute Gasteiger partial charge is 0.313 e. The Morgan fingerprint density at radius 1 is 1.50 bits per heavy atom. The van der Waals surface area contributed by atoms with Gasteiger partial charge in [0.15, 0.2) is 0 Å². The Kier molecular flexibility index (Phi) is 2.76. The fourth-order valence-electron chi connectivity index (χ4n) is 2.09. The first-order valence-corrected chi connectivity index (χ1v) is 5.93. The maximum Gasteiger partial charge on any atom is 0.0223 e. The highest BCUT2D eigenvalue weighted by atomic mass is 32.2. The second-order valence-corrected chi connectivity index (χ2v) is 5.16. The minimum Gasteiger partial charge on any atom is -0.313 e. The molecule has 12 heavy (non-hydrogen) atoms. The van der Waals surface area contributed by atoms with Crippen LogP contribution in [-0.2, 0) is 0 Å². The first kappa shape index (κ1) is 8.64. The summed E-state index contributed by atoms with van der Waals surface area (Å²) in [4.78, 5) is 0. The highest BCUT2D eigenvalue weighted by Gasteiger charge is 2.27. The molecule has 0 bridgehead atoms. The average molecular weight is 183 g/mol. The summed E-state index contributed by atoms with van der Waals surface area (Å²) in [7, 11) is 0. The van der Waals surface area contributed by atoms with Crippen molar-refractivity contribution in [2.75, 3.05) is 12.3 Å². The Bertz CT molecular complexity index is 179. The van der Waals surface area contributed by atoms with Gasteiger partial charge < -0.3 is 5.32 Å². The Balaban J connectivity index is 1.99. The van der Waals surface area contributed by atoms with E-state index < -0.39 is 0 Å². The minimum absolute atomic E-state index is 0.735. The quantitative estimate of drug-likeness (QED) is 0.578. The number of thioether (sulfide) groups is 1. The van der Waals surface area contributed by atoms with Gasteiger partial charge in [0, 0.05) is 11.3 Å². The topological polar surface area (TPSA) is 12.0 Å². The summed E-state index contributed by atoms with van der Waals surface area (Å²) in [5.41, 5.74) is 1.45. The molecule has 0 aromatic rings. The maximum atomic E-state index is 4.09. The molecule has 1 nitrogen and oxygen atoms in total. The fourth-order valence-corrected chi connectivity index (χ4v) is 3.41. The molecular weight excluding hydrogens is 166 g/mol. The molecule has 1 N–H and O–H groups in total. The summed E-state index contributed by atoms with van der Waals surface area (Å²) < 4.78 is 0. The highest BCUT2D eigenvalue weighted by molar-refractivity contribution is 7.99. The molecule has 2 rings (SSSR count). The van der Waals surface area contributed by atoms with E-state index in [-0.39, 0.29) is 0 Å². The van der Waals surface area contributed by atoms with Crippen LogP contribution in [0, 0.1) is 0 Å². The normalized spacial score (nSPS) is 37.2. The summed E-state index contributed by atoms with van der Waals surface area (Å²) in [6.45, 7) is 5.30. The van der Waals surface area contributed by atoms with Gasteiger partial charge in [-0.3, -0.25) is 0 Å². The first-order chi connectivity index (χ1) is 5.86. The second-order valence-electron chi connectivity index (χ2n) is 3.82. The third-order valence-corrected chi connectivity index (χ3v) is 4.32. The molecule has 1 heterocycles. The smallest absolute Gasteiger partial charge is 0.0223 e. The Morgan fingerprint density at radius 2 is 2.42 bits per heavy atom. The molecule has 1 saturated carbocycles. The molecule has 1 saturated heterocycles. The van der Waals surface area contributed by atoms with Gasteiger partial charge in [-0.05, 0) is 38.0 Å². The SMILES string of the molecule is C=C1CCC2SCCCNC2C1. The number of hydrogen-bond acceptors (Lipinski definition) is 2. The van der Waals surface area contributed by atoms with Gasteiger partial charge in [-0.1, -0.05) is 12.2 Å². The zero-order valence-electron chi connectivity index (χ0n) is 7.51. The Hall–Kier alpha value is 0.0500. The number of nitrogens with one attached hydrogen (secondary N) is 1. The van der Waals surface area contributed by atoms with Gasteiger partial charge >= 0.3 is 0 Å². The van der Waals surface area contributed by atoms with E-state index in [4.69, 9.17) is 0 Å². The average Bonchev–Trinajstić information content (AvgIpc) is 2.28. The van der Waals surface area contributed by atoms with Crippen LogP contribution < -0.4 is 5.32 Å². The van der Waals surface area contributed by atoms with E-state index in [1.807, 2.05) is 0 Å². The van der Waals surface area contributed by atoms with Gasteiger partial charge in [0.25, 0.3) is 0 Å². The molecule has 0 spiro atoms. The lowest BCUT2D eigenvalue weighted by molar-refractivity contribution is 0.447. The van der Waals surface area contributed by atoms with E-state index in [1.165, 1.54) is 43.6 Å². The van der Waals surface area contributed by atoms with Gasteiger partial charge in [0.2, 0.25) is 0 Å². The molecular formula is C10H17NS. The second kappa shape index (κ2) is 3.84. The summed E-state index contributed by atoms with van der Waals surface area (Å²) in [6.07, 6.45) is 5.17. The molecule has 0 radical (unpaired) electrons. The van der Waals surface area contributed by atoms with Gasteiger partial charge in [-0.15, -0.1) is 0 Å². The zero-order valence-corrected chi connectivity index (χ0v) is 8.33. The van der Waals surface area contributed by atoms with Gasteiger partial charge in [-0.25, -0.2) is 0 Å². The fraction of sp³-hybridized carbons (Fsp3) is 0.800. The van der Waals surface area contributed by atoms with E-state index in [0.29, 0.717) is 0 Å². The molecule has 2 fully saturated rings. The lowest BCUT2D eigenvalue weighted by Crippen LogP contribution is -2.39. The van der Waals surface area contributed by atoms with Gasteiger partial charge in [0.05, 0.1) is 0 Å². The van der Waals surface area contributed by atoms with Crippen molar-refractivity contribution in [2.24, 2.45) is 0 Å². The molecule has 1 aliphatic carbocycles. The van der Waals surface area contributed by atoms with Crippen LogP contribution in [0.2, 0.25) is 0 Å². The highest BCUT2D eigenvalue weighted by Crippen LogP contribution is 2.32. The van der Waals surface area contributed by atoms with Crippen molar-refractivity contribution < 1.29 is 0 Å². The number of hydrogen-bond donors (Lipinski definition) is 1. The molecule has 68 valence electrons. The van der Waals surface area contributed by atoms with Crippen LogP contribution in [0.3, 0.4) is 0 Å². The molecule has 2 atom stereocenters. The molecule has 0 aromatic carbocycles. The third kappa shape index (κ3) is 1.86. The lowest BCUT2D eigenvalue weighted by atomic mass is 9.91. The lowest BCUT2D eigenvalue weighted by Gasteiger charge is -2.31. The van der Waals surface area contributed by atoms with Crippen LogP contribution in [0.15, 0.2) is 12.2 Å². The summed E-state index contributed by atoms with van der Waals surface area (Å²) in [6, 6.07) is 0.735. The summed E-state index contributed by atoms with van der Waals surface area (Å²) >= 11 is 2.17. The van der Waals surface area contributed by atoms with E-state index in [2.05, 4.69) is 23.7 Å². The van der Waals surface area contributed by atoms with Crippen molar-refractivity contribution >= 4 is 11.8 Å². The zero-order chi connectivity index (χ0) is 8.39. The molecule has 2 aliphatic rings. The van der Waals surface area contributed by atoms with Crippen LogP contribution in [-0.4, -0.2) is 23.6 Å². The third-order valence-electron chi connectivity index (χ3n) is 2.80. The van der Waals surface area contributed by atoms with E-state index in [1.54, 1.807) is 0 Å². The Morgan fingerprint density at radius 3 is 3.33 bits per heavy atom.